The molecule has 74 valence electrons. The van der Waals surface area contributed by atoms with E-state index in [0.717, 1.165) is 5.69 Å². The second-order valence-electron chi connectivity index (χ2n) is 2.82. The van der Waals surface area contributed by atoms with Crippen molar-refractivity contribution >= 4 is 5.97 Å². The zero-order valence-corrected chi connectivity index (χ0v) is 7.79. The highest BCUT2D eigenvalue weighted by atomic mass is 16.4. The van der Waals surface area contributed by atoms with Crippen LogP contribution in [0.25, 0.3) is 0 Å². The van der Waals surface area contributed by atoms with Crippen molar-refractivity contribution in [1.29, 1.82) is 0 Å². The molecule has 0 radical (unpaired) electrons. The maximum absolute atomic E-state index is 10.8. The second-order valence-corrected chi connectivity index (χ2v) is 2.82. The third kappa shape index (κ3) is 1.90. The van der Waals surface area contributed by atoms with Crippen molar-refractivity contribution in [3.05, 3.63) is 42.3 Å². The van der Waals surface area contributed by atoms with Crippen LogP contribution in [0.4, 0.5) is 0 Å². The number of aromatic amines is 1. The van der Waals surface area contributed by atoms with Gasteiger partial charge in [-0.3, -0.25) is 5.10 Å². The maximum atomic E-state index is 10.8. The Morgan fingerprint density at radius 3 is 2.57 bits per heavy atom. The standard InChI is InChI=1S/C10H12N2O2/c1-3-5-7-8(6-4-2)11-12-9(7)10(13)14/h3-4H,1-2,5-6H2,(H,11,12)(H,13,14). The highest BCUT2D eigenvalue weighted by Crippen LogP contribution is 2.13. The van der Waals surface area contributed by atoms with Crippen LogP contribution in [0.1, 0.15) is 21.7 Å². The Kier molecular flexibility index (Phi) is 3.23. The lowest BCUT2D eigenvalue weighted by Gasteiger charge is -1.97. The highest BCUT2D eigenvalue weighted by Gasteiger charge is 2.16. The third-order valence-corrected chi connectivity index (χ3v) is 1.85. The molecule has 0 unspecified atom stereocenters. The SMILES string of the molecule is C=CCc1[nH]nc(C(=O)O)c1CC=C. The first-order chi connectivity index (χ1) is 6.70. The van der Waals surface area contributed by atoms with Crippen LogP contribution in [0, 0.1) is 0 Å². The molecule has 0 bridgehead atoms. The highest BCUT2D eigenvalue weighted by molar-refractivity contribution is 5.87. The third-order valence-electron chi connectivity index (χ3n) is 1.85. The van der Waals surface area contributed by atoms with Gasteiger partial charge < -0.3 is 5.11 Å². The van der Waals surface area contributed by atoms with Crippen LogP contribution in [0.2, 0.25) is 0 Å². The topological polar surface area (TPSA) is 66.0 Å². The maximum Gasteiger partial charge on any atom is 0.356 e. The van der Waals surface area contributed by atoms with Crippen LogP contribution < -0.4 is 0 Å². The number of allylic oxidation sites excluding steroid dienone is 2. The zero-order valence-electron chi connectivity index (χ0n) is 7.79. The van der Waals surface area contributed by atoms with E-state index in [0.29, 0.717) is 18.4 Å². The van der Waals surface area contributed by atoms with Gasteiger partial charge in [0.05, 0.1) is 0 Å². The van der Waals surface area contributed by atoms with Gasteiger partial charge in [-0.15, -0.1) is 13.2 Å². The molecule has 1 aromatic rings. The van der Waals surface area contributed by atoms with Crippen molar-refractivity contribution in [3.63, 3.8) is 0 Å². The molecule has 0 atom stereocenters. The van der Waals surface area contributed by atoms with E-state index < -0.39 is 5.97 Å². The van der Waals surface area contributed by atoms with Crippen LogP contribution in [-0.4, -0.2) is 21.3 Å². The fourth-order valence-corrected chi connectivity index (χ4v) is 1.26. The van der Waals surface area contributed by atoms with Gasteiger partial charge in [-0.1, -0.05) is 12.2 Å². The Morgan fingerprint density at radius 2 is 2.07 bits per heavy atom. The van der Waals surface area contributed by atoms with Crippen LogP contribution in [0.15, 0.2) is 25.3 Å². The van der Waals surface area contributed by atoms with E-state index in [4.69, 9.17) is 5.11 Å². The lowest BCUT2D eigenvalue weighted by molar-refractivity contribution is 0.0689. The van der Waals surface area contributed by atoms with E-state index in [1.807, 2.05) is 0 Å². The second kappa shape index (κ2) is 4.41. The predicted molar refractivity (Wildman–Crippen MR) is 53.3 cm³/mol. The van der Waals surface area contributed by atoms with Crippen molar-refractivity contribution in [3.8, 4) is 0 Å². The normalized spacial score (nSPS) is 9.71. The minimum atomic E-state index is -1.02. The number of carbonyl (C=O) groups is 1. The summed E-state index contributed by atoms with van der Waals surface area (Å²) in [6.45, 7) is 7.17. The van der Waals surface area contributed by atoms with E-state index in [-0.39, 0.29) is 5.69 Å². The molecule has 4 heteroatoms. The van der Waals surface area contributed by atoms with Crippen LogP contribution in [0.5, 0.6) is 0 Å². The average Bonchev–Trinajstić information content (AvgIpc) is 2.50. The number of rotatable bonds is 5. The van der Waals surface area contributed by atoms with Crippen molar-refractivity contribution in [1.82, 2.24) is 10.2 Å². The molecule has 0 amide bonds. The number of carboxylic acid groups (broad SMARTS) is 1. The Bertz CT molecular complexity index is 366. The Morgan fingerprint density at radius 1 is 1.43 bits per heavy atom. The van der Waals surface area contributed by atoms with E-state index >= 15 is 0 Å². The van der Waals surface area contributed by atoms with Crippen molar-refractivity contribution in [2.75, 3.05) is 0 Å². The number of aromatic carboxylic acids is 1. The van der Waals surface area contributed by atoms with Gasteiger partial charge in [0, 0.05) is 17.7 Å². The summed E-state index contributed by atoms with van der Waals surface area (Å²) in [6, 6.07) is 0. The van der Waals surface area contributed by atoms with Crippen molar-refractivity contribution in [2.45, 2.75) is 12.8 Å². The summed E-state index contributed by atoms with van der Waals surface area (Å²) in [5.41, 5.74) is 1.55. The molecule has 0 saturated heterocycles. The molecular formula is C10H12N2O2. The Labute approximate surface area is 82.0 Å². The molecule has 1 rings (SSSR count). The monoisotopic (exact) mass is 192 g/mol. The molecule has 1 aromatic heterocycles. The summed E-state index contributed by atoms with van der Waals surface area (Å²) in [4.78, 5) is 10.8. The van der Waals surface area contributed by atoms with Crippen LogP contribution in [-0.2, 0) is 12.8 Å². The molecule has 2 N–H and O–H groups in total. The van der Waals surface area contributed by atoms with Crippen LogP contribution >= 0.6 is 0 Å². The molecule has 14 heavy (non-hydrogen) atoms. The first-order valence-electron chi connectivity index (χ1n) is 4.22. The van der Waals surface area contributed by atoms with E-state index in [2.05, 4.69) is 23.4 Å². The molecule has 0 aliphatic heterocycles. The summed E-state index contributed by atoms with van der Waals surface area (Å²) in [7, 11) is 0. The molecule has 0 saturated carbocycles. The number of hydrogen-bond acceptors (Lipinski definition) is 2. The summed E-state index contributed by atoms with van der Waals surface area (Å²) >= 11 is 0. The van der Waals surface area contributed by atoms with Crippen LogP contribution in [0.3, 0.4) is 0 Å². The molecule has 0 spiro atoms. The fraction of sp³-hybridized carbons (Fsp3) is 0.200. The summed E-state index contributed by atoms with van der Waals surface area (Å²) in [6.07, 6.45) is 4.44. The Hall–Kier alpha value is -1.84. The molecular weight excluding hydrogens is 180 g/mol. The number of nitrogens with one attached hydrogen (secondary N) is 1. The van der Waals surface area contributed by atoms with Crippen molar-refractivity contribution in [2.24, 2.45) is 0 Å². The fourth-order valence-electron chi connectivity index (χ4n) is 1.26. The molecule has 4 nitrogen and oxygen atoms in total. The quantitative estimate of drug-likeness (QED) is 0.696. The number of hydrogen-bond donors (Lipinski definition) is 2. The van der Waals surface area contributed by atoms with Gasteiger partial charge in [0.25, 0.3) is 0 Å². The molecule has 0 aliphatic rings. The van der Waals surface area contributed by atoms with Gasteiger partial charge in [0.1, 0.15) is 0 Å². The number of aromatic nitrogens is 2. The summed E-state index contributed by atoms with van der Waals surface area (Å²) in [5.74, 6) is -1.02. The predicted octanol–water partition coefficient (Wildman–Crippen LogP) is 1.56. The zero-order chi connectivity index (χ0) is 10.6. The van der Waals surface area contributed by atoms with E-state index in [1.165, 1.54) is 0 Å². The smallest absolute Gasteiger partial charge is 0.356 e. The molecule has 0 aromatic carbocycles. The largest absolute Gasteiger partial charge is 0.476 e. The van der Waals surface area contributed by atoms with E-state index in [9.17, 15) is 4.79 Å². The van der Waals surface area contributed by atoms with Gasteiger partial charge in [0.2, 0.25) is 0 Å². The molecule has 0 fully saturated rings. The van der Waals surface area contributed by atoms with E-state index in [1.54, 1.807) is 12.2 Å². The number of H-pyrrole nitrogens is 1. The van der Waals surface area contributed by atoms with Gasteiger partial charge in [-0.2, -0.15) is 5.10 Å². The lowest BCUT2D eigenvalue weighted by Crippen LogP contribution is -2.01. The minimum absolute atomic E-state index is 0.0711. The number of carboxylic acids is 1. The van der Waals surface area contributed by atoms with Crippen molar-refractivity contribution < 1.29 is 9.90 Å². The molecule has 0 aliphatic carbocycles. The Balaban J connectivity index is 3.11. The summed E-state index contributed by atoms with van der Waals surface area (Å²) < 4.78 is 0. The first-order valence-corrected chi connectivity index (χ1v) is 4.22. The van der Waals surface area contributed by atoms with Gasteiger partial charge in [0.15, 0.2) is 5.69 Å². The first kappa shape index (κ1) is 10.2. The van der Waals surface area contributed by atoms with Gasteiger partial charge in [-0.05, 0) is 6.42 Å². The average molecular weight is 192 g/mol. The van der Waals surface area contributed by atoms with Gasteiger partial charge in [-0.25, -0.2) is 4.79 Å². The van der Waals surface area contributed by atoms with Gasteiger partial charge >= 0.3 is 5.97 Å². The summed E-state index contributed by atoms with van der Waals surface area (Å²) in [5, 5.41) is 15.3. The number of nitrogens with zero attached hydrogens (tertiary/aromatic N) is 1. The lowest BCUT2D eigenvalue weighted by atomic mass is 10.1. The minimum Gasteiger partial charge on any atom is -0.476 e. The molecule has 1 heterocycles.